The van der Waals surface area contributed by atoms with Gasteiger partial charge < -0.3 is 5.32 Å². The lowest BCUT2D eigenvalue weighted by atomic mass is 9.94. The van der Waals surface area contributed by atoms with Crippen LogP contribution in [0, 0.1) is 5.92 Å². The first-order valence-corrected chi connectivity index (χ1v) is 5.25. The van der Waals surface area contributed by atoms with Gasteiger partial charge in [0.1, 0.15) is 5.82 Å². The van der Waals surface area contributed by atoms with Gasteiger partial charge >= 0.3 is 0 Å². The Hall–Kier alpha value is -1.02. The van der Waals surface area contributed by atoms with E-state index in [9.17, 15) is 0 Å². The molecule has 1 aromatic heterocycles. The Morgan fingerprint density at radius 1 is 1.33 bits per heavy atom. The summed E-state index contributed by atoms with van der Waals surface area (Å²) >= 11 is 0. The van der Waals surface area contributed by atoms with Crippen LogP contribution in [0.2, 0.25) is 0 Å². The van der Waals surface area contributed by atoms with E-state index >= 15 is 0 Å². The van der Waals surface area contributed by atoms with Crippen molar-refractivity contribution in [2.75, 3.05) is 11.9 Å². The molecule has 2 nitrogen and oxygen atoms in total. The molecule has 1 unspecified atom stereocenters. The monoisotopic (exact) mass is 224 g/mol. The van der Waals surface area contributed by atoms with Crippen LogP contribution in [-0.2, 0) is 0 Å². The first-order chi connectivity index (χ1) is 6.95. The number of pyridine rings is 1. The summed E-state index contributed by atoms with van der Waals surface area (Å²) in [6.45, 7) is 1.04. The molecule has 1 aliphatic rings. The summed E-state index contributed by atoms with van der Waals surface area (Å²) in [4.78, 5) is 4.23. The van der Waals surface area contributed by atoms with Gasteiger partial charge in [-0.25, -0.2) is 4.98 Å². The highest BCUT2D eigenvalue weighted by Crippen LogP contribution is 2.18. The van der Waals surface area contributed by atoms with E-state index in [1.54, 1.807) is 0 Å². The molecule has 0 amide bonds. The van der Waals surface area contributed by atoms with E-state index in [0.29, 0.717) is 0 Å². The fourth-order valence-corrected chi connectivity index (χ4v) is 1.76. The molecule has 1 aromatic rings. The van der Waals surface area contributed by atoms with E-state index in [2.05, 4.69) is 22.5 Å². The third kappa shape index (κ3) is 3.92. The normalized spacial score (nSPS) is 19.3. The van der Waals surface area contributed by atoms with Gasteiger partial charge in [-0.2, -0.15) is 0 Å². The van der Waals surface area contributed by atoms with Gasteiger partial charge in [0, 0.05) is 12.7 Å². The van der Waals surface area contributed by atoms with Crippen LogP contribution < -0.4 is 5.32 Å². The van der Waals surface area contributed by atoms with Gasteiger partial charge in [-0.05, 0) is 37.3 Å². The molecule has 0 bridgehead atoms. The van der Waals surface area contributed by atoms with Crippen molar-refractivity contribution in [2.45, 2.75) is 19.3 Å². The van der Waals surface area contributed by atoms with Gasteiger partial charge in [-0.1, -0.05) is 18.2 Å². The van der Waals surface area contributed by atoms with E-state index in [1.165, 1.54) is 19.3 Å². The molecule has 1 atom stereocenters. The Balaban J connectivity index is 0.00000112. The van der Waals surface area contributed by atoms with Crippen molar-refractivity contribution < 1.29 is 0 Å². The van der Waals surface area contributed by atoms with Crippen LogP contribution in [0.3, 0.4) is 0 Å². The van der Waals surface area contributed by atoms with Crippen molar-refractivity contribution in [3.8, 4) is 0 Å². The highest BCUT2D eigenvalue weighted by molar-refractivity contribution is 5.85. The van der Waals surface area contributed by atoms with E-state index in [4.69, 9.17) is 0 Å². The van der Waals surface area contributed by atoms with Crippen molar-refractivity contribution in [1.82, 2.24) is 4.98 Å². The number of allylic oxidation sites excluding steroid dienone is 2. The zero-order chi connectivity index (χ0) is 9.64. The topological polar surface area (TPSA) is 24.9 Å². The summed E-state index contributed by atoms with van der Waals surface area (Å²) in [7, 11) is 0. The molecule has 0 aromatic carbocycles. The second kappa shape index (κ2) is 6.46. The number of nitrogens with one attached hydrogen (secondary N) is 1. The molecule has 3 heteroatoms. The fraction of sp³-hybridized carbons (Fsp3) is 0.417. The number of nitrogens with zero attached hydrogens (tertiary/aromatic N) is 1. The maximum atomic E-state index is 4.23. The number of anilines is 1. The Bertz CT molecular complexity index is 298. The van der Waals surface area contributed by atoms with Gasteiger partial charge in [0.2, 0.25) is 0 Å². The van der Waals surface area contributed by atoms with Crippen LogP contribution in [0.25, 0.3) is 0 Å². The molecule has 0 saturated heterocycles. The molecule has 0 radical (unpaired) electrons. The molecule has 0 spiro atoms. The predicted octanol–water partition coefficient (Wildman–Crippen LogP) is 3.27. The number of rotatable bonds is 3. The molecule has 82 valence electrons. The molecule has 2 rings (SSSR count). The minimum atomic E-state index is 0. The molecule has 0 aliphatic heterocycles. The lowest BCUT2D eigenvalue weighted by Crippen LogP contribution is -2.15. The SMILES string of the molecule is C1=CCC(CNc2ccccn2)CC1.Cl. The maximum absolute atomic E-state index is 4.23. The van der Waals surface area contributed by atoms with Crippen LogP contribution in [-0.4, -0.2) is 11.5 Å². The number of hydrogen-bond donors (Lipinski definition) is 1. The van der Waals surface area contributed by atoms with Crippen LogP contribution in [0.4, 0.5) is 5.82 Å². The van der Waals surface area contributed by atoms with E-state index in [-0.39, 0.29) is 12.4 Å². The summed E-state index contributed by atoms with van der Waals surface area (Å²) < 4.78 is 0. The van der Waals surface area contributed by atoms with Crippen molar-refractivity contribution in [3.05, 3.63) is 36.5 Å². The largest absolute Gasteiger partial charge is 0.370 e. The first-order valence-electron chi connectivity index (χ1n) is 5.25. The van der Waals surface area contributed by atoms with Crippen LogP contribution in [0.5, 0.6) is 0 Å². The zero-order valence-electron chi connectivity index (χ0n) is 8.73. The smallest absolute Gasteiger partial charge is 0.125 e. The summed E-state index contributed by atoms with van der Waals surface area (Å²) in [5.74, 6) is 1.77. The molecular weight excluding hydrogens is 208 g/mol. The van der Waals surface area contributed by atoms with Crippen molar-refractivity contribution in [2.24, 2.45) is 5.92 Å². The van der Waals surface area contributed by atoms with E-state index < -0.39 is 0 Å². The highest BCUT2D eigenvalue weighted by atomic mass is 35.5. The Morgan fingerprint density at radius 2 is 2.27 bits per heavy atom. The summed E-state index contributed by atoms with van der Waals surface area (Å²) in [6, 6.07) is 5.96. The molecule has 0 fully saturated rings. The zero-order valence-corrected chi connectivity index (χ0v) is 9.54. The van der Waals surface area contributed by atoms with Crippen molar-refractivity contribution >= 4 is 18.2 Å². The van der Waals surface area contributed by atoms with E-state index in [1.807, 2.05) is 24.4 Å². The molecule has 1 aliphatic carbocycles. The maximum Gasteiger partial charge on any atom is 0.125 e. The average molecular weight is 225 g/mol. The van der Waals surface area contributed by atoms with Gasteiger partial charge in [0.25, 0.3) is 0 Å². The molecule has 1 heterocycles. The van der Waals surface area contributed by atoms with Crippen molar-refractivity contribution in [3.63, 3.8) is 0 Å². The van der Waals surface area contributed by atoms with Crippen LogP contribution >= 0.6 is 12.4 Å². The van der Waals surface area contributed by atoms with E-state index in [0.717, 1.165) is 18.3 Å². The minimum absolute atomic E-state index is 0. The molecular formula is C12H17ClN2. The average Bonchev–Trinajstić information content (AvgIpc) is 2.29. The van der Waals surface area contributed by atoms with Crippen LogP contribution in [0.1, 0.15) is 19.3 Å². The second-order valence-electron chi connectivity index (χ2n) is 3.75. The number of halogens is 1. The molecule has 1 N–H and O–H groups in total. The third-order valence-electron chi connectivity index (χ3n) is 2.61. The Labute approximate surface area is 97.2 Å². The fourth-order valence-electron chi connectivity index (χ4n) is 1.76. The number of aromatic nitrogens is 1. The lowest BCUT2D eigenvalue weighted by Gasteiger charge is -2.18. The molecule has 15 heavy (non-hydrogen) atoms. The van der Waals surface area contributed by atoms with Gasteiger partial charge in [0.15, 0.2) is 0 Å². The summed E-state index contributed by atoms with van der Waals surface area (Å²) in [6.07, 6.45) is 10.1. The van der Waals surface area contributed by atoms with Gasteiger partial charge in [-0.3, -0.25) is 0 Å². The minimum Gasteiger partial charge on any atom is -0.370 e. The Morgan fingerprint density at radius 3 is 2.93 bits per heavy atom. The molecule has 0 saturated carbocycles. The summed E-state index contributed by atoms with van der Waals surface area (Å²) in [5.41, 5.74) is 0. The first kappa shape index (κ1) is 12.1. The second-order valence-corrected chi connectivity index (χ2v) is 3.75. The standard InChI is InChI=1S/C12H16N2.ClH/c1-2-6-11(7-3-1)10-14-12-8-4-5-9-13-12;/h1-2,4-5,8-9,11H,3,6-7,10H2,(H,13,14);1H. The Kier molecular flexibility index (Phi) is 5.19. The highest BCUT2D eigenvalue weighted by Gasteiger charge is 2.08. The predicted molar refractivity (Wildman–Crippen MR) is 66.5 cm³/mol. The van der Waals surface area contributed by atoms with Crippen molar-refractivity contribution in [1.29, 1.82) is 0 Å². The quantitative estimate of drug-likeness (QED) is 0.798. The lowest BCUT2D eigenvalue weighted by molar-refractivity contribution is 0.503. The number of hydrogen-bond acceptors (Lipinski definition) is 2. The summed E-state index contributed by atoms with van der Waals surface area (Å²) in [5, 5.41) is 3.37. The van der Waals surface area contributed by atoms with Gasteiger partial charge in [0.05, 0.1) is 0 Å². The van der Waals surface area contributed by atoms with Crippen LogP contribution in [0.15, 0.2) is 36.5 Å². The third-order valence-corrected chi connectivity index (χ3v) is 2.61. The van der Waals surface area contributed by atoms with Gasteiger partial charge in [-0.15, -0.1) is 12.4 Å².